The molecule has 3 rings (SSSR count). The zero-order valence-corrected chi connectivity index (χ0v) is 13.8. The highest BCUT2D eigenvalue weighted by atomic mass is 16.5. The molecule has 2 nitrogen and oxygen atoms in total. The summed E-state index contributed by atoms with van der Waals surface area (Å²) in [6.45, 7) is 6.87. The number of nitrogens with zero attached hydrogens (tertiary/aromatic N) is 1. The molecule has 0 amide bonds. The quantitative estimate of drug-likeness (QED) is 0.656. The summed E-state index contributed by atoms with van der Waals surface area (Å²) in [6, 6.07) is 16.6. The molecule has 0 bridgehead atoms. The Labute approximate surface area is 137 Å². The van der Waals surface area contributed by atoms with Crippen LogP contribution in [-0.2, 0) is 6.61 Å². The van der Waals surface area contributed by atoms with Crippen LogP contribution in [0, 0.1) is 20.8 Å². The van der Waals surface area contributed by atoms with Crippen LogP contribution in [0.3, 0.4) is 0 Å². The van der Waals surface area contributed by atoms with E-state index in [4.69, 9.17) is 4.74 Å². The monoisotopic (exact) mass is 303 g/mol. The number of hydrogen-bond acceptors (Lipinski definition) is 2. The predicted octanol–water partition coefficient (Wildman–Crippen LogP) is 5.25. The van der Waals surface area contributed by atoms with Crippen molar-refractivity contribution in [1.82, 2.24) is 4.98 Å². The summed E-state index contributed by atoms with van der Waals surface area (Å²) in [5, 5.41) is 0. The average Bonchev–Trinajstić information content (AvgIpc) is 2.57. The molecule has 0 unspecified atom stereocenters. The van der Waals surface area contributed by atoms with Crippen LogP contribution in [0.5, 0.6) is 5.75 Å². The molecule has 2 heteroatoms. The lowest BCUT2D eigenvalue weighted by Crippen LogP contribution is -1.98. The molecule has 0 spiro atoms. The molecule has 1 aromatic heterocycles. The van der Waals surface area contributed by atoms with Crippen LogP contribution in [0.2, 0.25) is 0 Å². The van der Waals surface area contributed by atoms with Crippen molar-refractivity contribution in [1.29, 1.82) is 0 Å². The molecule has 1 heterocycles. The van der Waals surface area contributed by atoms with Gasteiger partial charge in [0.25, 0.3) is 0 Å². The Hall–Kier alpha value is -2.61. The van der Waals surface area contributed by atoms with Gasteiger partial charge in [-0.1, -0.05) is 36.4 Å². The van der Waals surface area contributed by atoms with Crippen LogP contribution in [0.4, 0.5) is 0 Å². The first-order chi connectivity index (χ1) is 11.1. The Morgan fingerprint density at radius 1 is 0.870 bits per heavy atom. The van der Waals surface area contributed by atoms with Gasteiger partial charge in [-0.3, -0.25) is 4.98 Å². The Morgan fingerprint density at radius 3 is 2.48 bits per heavy atom. The number of aryl methyl sites for hydroxylation is 2. The van der Waals surface area contributed by atoms with Crippen molar-refractivity contribution in [3.63, 3.8) is 0 Å². The molecule has 0 aliphatic heterocycles. The summed E-state index contributed by atoms with van der Waals surface area (Å²) in [7, 11) is 0. The third-order valence-electron chi connectivity index (χ3n) is 4.20. The van der Waals surface area contributed by atoms with E-state index in [1.165, 1.54) is 16.7 Å². The number of pyridine rings is 1. The Morgan fingerprint density at radius 2 is 1.65 bits per heavy atom. The largest absolute Gasteiger partial charge is 0.489 e. The van der Waals surface area contributed by atoms with E-state index in [2.05, 4.69) is 56.1 Å². The number of aromatic nitrogens is 1. The zero-order valence-electron chi connectivity index (χ0n) is 13.8. The molecule has 0 atom stereocenters. The van der Waals surface area contributed by atoms with Gasteiger partial charge in [-0.25, -0.2) is 0 Å². The molecule has 2 aromatic carbocycles. The first-order valence-electron chi connectivity index (χ1n) is 7.84. The highest BCUT2D eigenvalue weighted by molar-refractivity contribution is 5.68. The summed E-state index contributed by atoms with van der Waals surface area (Å²) in [6.07, 6.45) is 3.78. The molecular formula is C21H21NO. The third-order valence-corrected chi connectivity index (χ3v) is 4.20. The van der Waals surface area contributed by atoms with Gasteiger partial charge in [-0.05, 0) is 55.2 Å². The van der Waals surface area contributed by atoms with Gasteiger partial charge in [-0.15, -0.1) is 0 Å². The van der Waals surface area contributed by atoms with Crippen LogP contribution in [0.15, 0.2) is 60.9 Å². The zero-order chi connectivity index (χ0) is 16.2. The maximum absolute atomic E-state index is 5.93. The fraction of sp³-hybridized carbons (Fsp3) is 0.190. The summed E-state index contributed by atoms with van der Waals surface area (Å²) < 4.78 is 5.93. The molecular weight excluding hydrogens is 282 g/mol. The highest BCUT2D eigenvalue weighted by Crippen LogP contribution is 2.26. The molecule has 23 heavy (non-hydrogen) atoms. The minimum atomic E-state index is 0.524. The molecule has 0 radical (unpaired) electrons. The summed E-state index contributed by atoms with van der Waals surface area (Å²) in [4.78, 5) is 4.39. The van der Waals surface area contributed by atoms with Gasteiger partial charge in [0.15, 0.2) is 0 Å². The molecule has 116 valence electrons. The van der Waals surface area contributed by atoms with E-state index in [0.29, 0.717) is 6.61 Å². The van der Waals surface area contributed by atoms with Crippen LogP contribution in [-0.4, -0.2) is 4.98 Å². The van der Waals surface area contributed by atoms with E-state index in [0.717, 1.165) is 22.4 Å². The predicted molar refractivity (Wildman–Crippen MR) is 94.7 cm³/mol. The molecule has 0 saturated carbocycles. The second-order valence-corrected chi connectivity index (χ2v) is 5.88. The van der Waals surface area contributed by atoms with Crippen molar-refractivity contribution in [2.75, 3.05) is 0 Å². The molecule has 0 saturated heterocycles. The SMILES string of the molecule is Cc1ccccc1OCc1cncc(-c2cccc(C)c2C)c1. The molecule has 0 N–H and O–H groups in total. The van der Waals surface area contributed by atoms with Crippen molar-refractivity contribution in [3.8, 4) is 16.9 Å². The molecule has 0 aliphatic rings. The number of rotatable bonds is 4. The average molecular weight is 303 g/mol. The summed E-state index contributed by atoms with van der Waals surface area (Å²) in [5.41, 5.74) is 7.18. The van der Waals surface area contributed by atoms with E-state index in [-0.39, 0.29) is 0 Å². The normalized spacial score (nSPS) is 10.6. The molecule has 0 fully saturated rings. The Balaban J connectivity index is 1.83. The number of para-hydroxylation sites is 1. The Kier molecular flexibility index (Phi) is 4.42. The number of benzene rings is 2. The van der Waals surface area contributed by atoms with Gasteiger partial charge in [0.1, 0.15) is 12.4 Å². The Bertz CT molecular complexity index is 824. The van der Waals surface area contributed by atoms with Crippen LogP contribution in [0.25, 0.3) is 11.1 Å². The summed E-state index contributed by atoms with van der Waals surface area (Å²) >= 11 is 0. The van der Waals surface area contributed by atoms with E-state index in [1.807, 2.05) is 30.6 Å². The first-order valence-corrected chi connectivity index (χ1v) is 7.84. The lowest BCUT2D eigenvalue weighted by atomic mass is 9.97. The van der Waals surface area contributed by atoms with Crippen molar-refractivity contribution < 1.29 is 4.74 Å². The first kappa shape index (κ1) is 15.3. The van der Waals surface area contributed by atoms with Crippen molar-refractivity contribution in [2.45, 2.75) is 27.4 Å². The van der Waals surface area contributed by atoms with Gasteiger partial charge in [0, 0.05) is 23.5 Å². The van der Waals surface area contributed by atoms with E-state index in [1.54, 1.807) is 0 Å². The lowest BCUT2D eigenvalue weighted by Gasteiger charge is -2.11. The van der Waals surface area contributed by atoms with Gasteiger partial charge in [0.05, 0.1) is 0 Å². The smallest absolute Gasteiger partial charge is 0.122 e. The number of ether oxygens (including phenoxy) is 1. The van der Waals surface area contributed by atoms with Gasteiger partial charge in [-0.2, -0.15) is 0 Å². The second-order valence-electron chi connectivity index (χ2n) is 5.88. The van der Waals surface area contributed by atoms with E-state index >= 15 is 0 Å². The van der Waals surface area contributed by atoms with Gasteiger partial charge < -0.3 is 4.74 Å². The van der Waals surface area contributed by atoms with Crippen molar-refractivity contribution in [3.05, 3.63) is 83.2 Å². The van der Waals surface area contributed by atoms with Crippen molar-refractivity contribution in [2.24, 2.45) is 0 Å². The van der Waals surface area contributed by atoms with E-state index in [9.17, 15) is 0 Å². The minimum absolute atomic E-state index is 0.524. The number of hydrogen-bond donors (Lipinski definition) is 0. The van der Waals surface area contributed by atoms with Crippen LogP contribution in [0.1, 0.15) is 22.3 Å². The lowest BCUT2D eigenvalue weighted by molar-refractivity contribution is 0.303. The van der Waals surface area contributed by atoms with Crippen LogP contribution < -0.4 is 4.74 Å². The van der Waals surface area contributed by atoms with Crippen LogP contribution >= 0.6 is 0 Å². The maximum Gasteiger partial charge on any atom is 0.122 e. The molecule has 3 aromatic rings. The van der Waals surface area contributed by atoms with Crippen molar-refractivity contribution >= 4 is 0 Å². The van der Waals surface area contributed by atoms with Gasteiger partial charge >= 0.3 is 0 Å². The maximum atomic E-state index is 5.93. The minimum Gasteiger partial charge on any atom is -0.489 e. The fourth-order valence-corrected chi connectivity index (χ4v) is 2.66. The highest BCUT2D eigenvalue weighted by Gasteiger charge is 2.06. The standard InChI is InChI=1S/C21H21NO/c1-15-8-6-9-20(17(15)3)19-11-18(12-22-13-19)14-23-21-10-5-4-7-16(21)2/h4-13H,14H2,1-3H3. The second kappa shape index (κ2) is 6.66. The van der Waals surface area contributed by atoms with E-state index < -0.39 is 0 Å². The topological polar surface area (TPSA) is 22.1 Å². The summed E-state index contributed by atoms with van der Waals surface area (Å²) in [5.74, 6) is 0.921. The third kappa shape index (κ3) is 3.42. The fourth-order valence-electron chi connectivity index (χ4n) is 2.66. The van der Waals surface area contributed by atoms with Gasteiger partial charge in [0.2, 0.25) is 0 Å². The molecule has 0 aliphatic carbocycles.